The minimum absolute atomic E-state index is 0.190. The van der Waals surface area contributed by atoms with Gasteiger partial charge in [0.25, 0.3) is 0 Å². The summed E-state index contributed by atoms with van der Waals surface area (Å²) in [6.45, 7) is 3.93. The Kier molecular flexibility index (Phi) is 4.89. The number of aliphatic hydroxyl groups excluding tert-OH is 1. The molecule has 0 radical (unpaired) electrons. The number of nitrogens with zero attached hydrogens (tertiary/aromatic N) is 1. The van der Waals surface area contributed by atoms with Gasteiger partial charge >= 0.3 is 0 Å². The van der Waals surface area contributed by atoms with Gasteiger partial charge < -0.3 is 5.11 Å². The van der Waals surface area contributed by atoms with Crippen LogP contribution in [0.15, 0.2) is 30.3 Å². The molecule has 2 nitrogen and oxygen atoms in total. The molecule has 17 heavy (non-hydrogen) atoms. The van der Waals surface area contributed by atoms with E-state index in [0.29, 0.717) is 6.04 Å². The van der Waals surface area contributed by atoms with Gasteiger partial charge in [-0.25, -0.2) is 0 Å². The smallest absolute Gasteiger partial charge is 0.0664 e. The Morgan fingerprint density at radius 3 is 2.88 bits per heavy atom. The maximum absolute atomic E-state index is 9.83. The quantitative estimate of drug-likeness (QED) is 0.889. The minimum atomic E-state index is -0.190. The van der Waals surface area contributed by atoms with Crippen molar-refractivity contribution < 1.29 is 5.11 Å². The molecule has 1 fully saturated rings. The minimum Gasteiger partial charge on any atom is -0.392 e. The van der Waals surface area contributed by atoms with Gasteiger partial charge in [-0.2, -0.15) is 11.8 Å². The molecule has 0 saturated carbocycles. The number of hydrogen-bond acceptors (Lipinski definition) is 3. The second kappa shape index (κ2) is 6.43. The highest BCUT2D eigenvalue weighted by atomic mass is 32.2. The van der Waals surface area contributed by atoms with Crippen molar-refractivity contribution in [2.24, 2.45) is 0 Å². The Labute approximate surface area is 108 Å². The molecule has 2 atom stereocenters. The van der Waals surface area contributed by atoms with Crippen LogP contribution >= 0.6 is 11.8 Å². The van der Waals surface area contributed by atoms with Gasteiger partial charge in [0.05, 0.1) is 6.10 Å². The second-order valence-corrected chi connectivity index (χ2v) is 5.71. The zero-order chi connectivity index (χ0) is 12.1. The fourth-order valence-corrected chi connectivity index (χ4v) is 3.40. The lowest BCUT2D eigenvalue weighted by atomic mass is 10.1. The molecule has 94 valence electrons. The Hall–Kier alpha value is -0.510. The van der Waals surface area contributed by atoms with Gasteiger partial charge in [-0.3, -0.25) is 4.90 Å². The molecule has 0 bridgehead atoms. The van der Waals surface area contributed by atoms with Crippen molar-refractivity contribution >= 4 is 11.8 Å². The van der Waals surface area contributed by atoms with E-state index in [1.807, 2.05) is 18.7 Å². The molecule has 1 aromatic carbocycles. The standard InChI is InChI=1S/C14H21NOS/c1-2-13(16)10-15-8-9-17-11-14(15)12-6-4-3-5-7-12/h3-7,13-14,16H,2,8-11H2,1H3/t13-,14-/m1/s1. The van der Waals surface area contributed by atoms with Crippen LogP contribution in [0.3, 0.4) is 0 Å². The van der Waals surface area contributed by atoms with E-state index >= 15 is 0 Å². The van der Waals surface area contributed by atoms with E-state index in [-0.39, 0.29) is 6.10 Å². The van der Waals surface area contributed by atoms with E-state index in [1.54, 1.807) is 0 Å². The molecule has 1 aromatic rings. The summed E-state index contributed by atoms with van der Waals surface area (Å²) in [5.74, 6) is 2.32. The third-order valence-corrected chi connectivity index (χ3v) is 4.36. The largest absolute Gasteiger partial charge is 0.392 e. The first-order valence-corrected chi connectivity index (χ1v) is 7.51. The Morgan fingerprint density at radius 1 is 1.41 bits per heavy atom. The summed E-state index contributed by atoms with van der Waals surface area (Å²) in [6.07, 6.45) is 0.648. The summed E-state index contributed by atoms with van der Waals surface area (Å²) in [4.78, 5) is 2.43. The molecule has 1 N–H and O–H groups in total. The molecule has 1 aliphatic rings. The summed E-state index contributed by atoms with van der Waals surface area (Å²) >= 11 is 2.01. The van der Waals surface area contributed by atoms with Crippen molar-refractivity contribution in [3.05, 3.63) is 35.9 Å². The molecule has 0 spiro atoms. The van der Waals surface area contributed by atoms with Crippen LogP contribution in [0.5, 0.6) is 0 Å². The first-order valence-electron chi connectivity index (χ1n) is 6.36. The zero-order valence-corrected chi connectivity index (χ0v) is 11.2. The van der Waals surface area contributed by atoms with Gasteiger partial charge in [0.15, 0.2) is 0 Å². The Morgan fingerprint density at radius 2 is 2.18 bits per heavy atom. The predicted molar refractivity (Wildman–Crippen MR) is 74.4 cm³/mol. The van der Waals surface area contributed by atoms with Crippen molar-refractivity contribution in [3.8, 4) is 0 Å². The van der Waals surface area contributed by atoms with E-state index in [1.165, 1.54) is 11.3 Å². The topological polar surface area (TPSA) is 23.5 Å². The fourth-order valence-electron chi connectivity index (χ4n) is 2.24. The summed E-state index contributed by atoms with van der Waals surface area (Å²) < 4.78 is 0. The van der Waals surface area contributed by atoms with E-state index in [0.717, 1.165) is 25.3 Å². The number of benzene rings is 1. The number of β-amino-alcohol motifs (C(OH)–C–C–N with tert-alkyl or cyclic N) is 1. The molecule has 0 amide bonds. The first kappa shape index (κ1) is 12.9. The van der Waals surface area contributed by atoms with Gasteiger partial charge in [0.2, 0.25) is 0 Å². The monoisotopic (exact) mass is 251 g/mol. The normalized spacial score (nSPS) is 23.5. The van der Waals surface area contributed by atoms with Crippen LogP contribution < -0.4 is 0 Å². The van der Waals surface area contributed by atoms with Crippen LogP contribution in [-0.2, 0) is 0 Å². The zero-order valence-electron chi connectivity index (χ0n) is 10.4. The number of thioether (sulfide) groups is 1. The highest BCUT2D eigenvalue weighted by molar-refractivity contribution is 7.99. The van der Waals surface area contributed by atoms with Crippen LogP contribution in [0.2, 0.25) is 0 Å². The van der Waals surface area contributed by atoms with Crippen molar-refractivity contribution in [2.45, 2.75) is 25.5 Å². The molecule has 0 aliphatic carbocycles. The van der Waals surface area contributed by atoms with Gasteiger partial charge in [-0.15, -0.1) is 0 Å². The third kappa shape index (κ3) is 3.47. The van der Waals surface area contributed by atoms with Crippen LogP contribution in [0.25, 0.3) is 0 Å². The lowest BCUT2D eigenvalue weighted by Crippen LogP contribution is -2.40. The Balaban J connectivity index is 2.07. The van der Waals surface area contributed by atoms with Crippen molar-refractivity contribution in [3.63, 3.8) is 0 Å². The summed E-state index contributed by atoms with van der Waals surface area (Å²) in [5.41, 5.74) is 1.38. The molecule has 2 rings (SSSR count). The number of rotatable bonds is 4. The van der Waals surface area contributed by atoms with Crippen molar-refractivity contribution in [1.82, 2.24) is 4.90 Å². The molecule has 1 heterocycles. The summed E-state index contributed by atoms with van der Waals surface area (Å²) in [5, 5.41) is 9.83. The molecular weight excluding hydrogens is 230 g/mol. The van der Waals surface area contributed by atoms with Crippen molar-refractivity contribution in [2.75, 3.05) is 24.6 Å². The molecule has 0 unspecified atom stereocenters. The van der Waals surface area contributed by atoms with E-state index < -0.39 is 0 Å². The first-order chi connectivity index (χ1) is 8.31. The van der Waals surface area contributed by atoms with Crippen LogP contribution in [0, 0.1) is 0 Å². The average molecular weight is 251 g/mol. The van der Waals surface area contributed by atoms with Gasteiger partial charge in [-0.05, 0) is 12.0 Å². The maximum Gasteiger partial charge on any atom is 0.0664 e. The lowest BCUT2D eigenvalue weighted by molar-refractivity contribution is 0.0916. The summed E-state index contributed by atoms with van der Waals surface area (Å²) in [7, 11) is 0. The van der Waals surface area contributed by atoms with Crippen LogP contribution in [0.4, 0.5) is 0 Å². The van der Waals surface area contributed by atoms with Crippen LogP contribution in [0.1, 0.15) is 24.9 Å². The van der Waals surface area contributed by atoms with Gasteiger partial charge in [0, 0.05) is 30.6 Å². The van der Waals surface area contributed by atoms with Crippen molar-refractivity contribution in [1.29, 1.82) is 0 Å². The van der Waals surface area contributed by atoms with Gasteiger partial charge in [-0.1, -0.05) is 37.3 Å². The highest BCUT2D eigenvalue weighted by Gasteiger charge is 2.25. The van der Waals surface area contributed by atoms with E-state index in [4.69, 9.17) is 0 Å². The third-order valence-electron chi connectivity index (χ3n) is 3.34. The van der Waals surface area contributed by atoms with Gasteiger partial charge in [0.1, 0.15) is 0 Å². The average Bonchev–Trinajstić information content (AvgIpc) is 2.40. The molecule has 1 aliphatic heterocycles. The fraction of sp³-hybridized carbons (Fsp3) is 0.571. The summed E-state index contributed by atoms with van der Waals surface area (Å²) in [6, 6.07) is 11.1. The molecule has 0 aromatic heterocycles. The second-order valence-electron chi connectivity index (χ2n) is 4.56. The number of hydrogen-bond donors (Lipinski definition) is 1. The molecule has 3 heteroatoms. The number of aliphatic hydroxyl groups is 1. The molecule has 1 saturated heterocycles. The predicted octanol–water partition coefficient (Wildman–Crippen LogP) is 2.55. The SMILES string of the molecule is CC[C@@H](O)CN1CCSC[C@@H]1c1ccccc1. The Bertz CT molecular complexity index is 330. The molecular formula is C14H21NOS. The van der Waals surface area contributed by atoms with Crippen LogP contribution in [-0.4, -0.2) is 40.7 Å². The van der Waals surface area contributed by atoms with E-state index in [2.05, 4.69) is 35.2 Å². The lowest BCUT2D eigenvalue weighted by Gasteiger charge is -2.36. The highest BCUT2D eigenvalue weighted by Crippen LogP contribution is 2.29. The van der Waals surface area contributed by atoms with E-state index in [9.17, 15) is 5.11 Å². The maximum atomic E-state index is 9.83.